The molecule has 4 aliphatic rings. The number of halogens is 5. The first kappa shape index (κ1) is 43.5. The van der Waals surface area contributed by atoms with Crippen LogP contribution in [0.15, 0.2) is 6.07 Å². The van der Waals surface area contributed by atoms with Gasteiger partial charge in [-0.2, -0.15) is 22.0 Å². The molecule has 1 unspecified atom stereocenters. The van der Waals surface area contributed by atoms with Gasteiger partial charge in [-0.15, -0.1) is 0 Å². The smallest absolute Gasteiger partial charge is 0.425 e. The Balaban J connectivity index is 1.16. The number of aliphatic hydroxyl groups excluding tert-OH is 1. The van der Waals surface area contributed by atoms with Crippen LogP contribution in [-0.4, -0.2) is 69.5 Å². The van der Waals surface area contributed by atoms with Crippen molar-refractivity contribution in [2.75, 3.05) is 31.1 Å². The minimum atomic E-state index is -5.55. The van der Waals surface area contributed by atoms with E-state index < -0.39 is 35.7 Å². The molecule has 0 spiro atoms. The quantitative estimate of drug-likeness (QED) is 0.0655. The third-order valence-corrected chi connectivity index (χ3v) is 15.3. The number of carbonyl (C=O) groups excluding carboxylic acids is 1. The number of benzene rings is 1. The third-order valence-electron chi connectivity index (χ3n) is 13.8. The number of rotatable bonds is 19. The average molecular weight is 788 g/mol. The summed E-state index contributed by atoms with van der Waals surface area (Å²) in [6.45, 7) is 9.01. The first-order valence-corrected chi connectivity index (χ1v) is 22.8. The van der Waals surface area contributed by atoms with Crippen molar-refractivity contribution >= 4 is 16.8 Å². The summed E-state index contributed by atoms with van der Waals surface area (Å²) in [4.78, 5) is 15.5. The molecule has 1 N–H and O–H groups in total. The Morgan fingerprint density at radius 1 is 0.907 bits per heavy atom. The second-order valence-electron chi connectivity index (χ2n) is 17.2. The number of unbranched alkanes of at least 4 members (excludes halogenated alkanes) is 6. The molecule has 11 heteroatoms. The number of hydrogen-bond donors (Lipinski definition) is 1. The van der Waals surface area contributed by atoms with Crippen LogP contribution in [0.25, 0.3) is 0 Å². The lowest BCUT2D eigenvalue weighted by molar-refractivity contribution is -0.284. The van der Waals surface area contributed by atoms with E-state index in [4.69, 9.17) is 4.74 Å². The van der Waals surface area contributed by atoms with Crippen LogP contribution in [0.4, 0.5) is 22.0 Å². The lowest BCUT2D eigenvalue weighted by Gasteiger charge is -2.53. The van der Waals surface area contributed by atoms with Gasteiger partial charge in [-0.1, -0.05) is 65.7 Å². The second kappa shape index (κ2) is 19.2. The van der Waals surface area contributed by atoms with E-state index in [0.717, 1.165) is 122 Å². The van der Waals surface area contributed by atoms with Gasteiger partial charge in [-0.05, 0) is 148 Å². The van der Waals surface area contributed by atoms with Crippen molar-refractivity contribution in [2.24, 2.45) is 23.2 Å². The van der Waals surface area contributed by atoms with Crippen molar-refractivity contribution in [1.29, 1.82) is 0 Å². The Labute approximate surface area is 323 Å². The molecule has 1 aliphatic heterocycles. The van der Waals surface area contributed by atoms with Gasteiger partial charge in [0.15, 0.2) is 0 Å². The summed E-state index contributed by atoms with van der Waals surface area (Å²) in [5, 5.41) is 11.2. The fraction of sp³-hybridized carbons (Fsp3) is 0.837. The number of esters is 1. The van der Waals surface area contributed by atoms with E-state index in [1.165, 1.54) is 28.7 Å². The highest BCUT2D eigenvalue weighted by Crippen LogP contribution is 2.63. The van der Waals surface area contributed by atoms with Gasteiger partial charge in [0.25, 0.3) is 0 Å². The molecule has 1 aromatic carbocycles. The molecule has 0 amide bonds. The fourth-order valence-corrected chi connectivity index (χ4v) is 12.1. The van der Waals surface area contributed by atoms with E-state index in [1.807, 2.05) is 0 Å². The lowest BCUT2D eigenvalue weighted by Crippen LogP contribution is -2.47. The Kier molecular flexibility index (Phi) is 15.5. The highest BCUT2D eigenvalue weighted by molar-refractivity contribution is 7.84. The summed E-state index contributed by atoms with van der Waals surface area (Å²) < 4.78 is 81.6. The number of hydrogen-bond acceptors (Lipinski definition) is 5. The van der Waals surface area contributed by atoms with E-state index in [2.05, 4.69) is 31.7 Å². The van der Waals surface area contributed by atoms with E-state index >= 15 is 0 Å². The van der Waals surface area contributed by atoms with Crippen LogP contribution in [0.5, 0.6) is 5.75 Å². The summed E-state index contributed by atoms with van der Waals surface area (Å²) in [5.41, 5.74) is 5.44. The number of likely N-dealkylation sites (tertiary alicyclic amines) is 1. The summed E-state index contributed by atoms with van der Waals surface area (Å²) in [7, 11) is -1.38. The SMILES string of the molecule is CCc1c(OC(=O)CN2CCCCC2)cc2c(c1CC)[C@H]1CC[C@]3(C)[C@@H](O)CC[C@H]3[C@@H]1[C@H](CCCCCCCCCS(=O)CCCC(F)(F)C(F)(F)F)C2. The molecule has 1 heterocycles. The minimum Gasteiger partial charge on any atom is -0.425 e. The monoisotopic (exact) mass is 787 g/mol. The minimum absolute atomic E-state index is 0.0291. The number of ether oxygens (including phenoxy) is 1. The molecule has 0 aromatic heterocycles. The fourth-order valence-electron chi connectivity index (χ4n) is 10.9. The predicted molar refractivity (Wildman–Crippen MR) is 206 cm³/mol. The van der Waals surface area contributed by atoms with Crippen molar-refractivity contribution < 1.29 is 40.8 Å². The highest BCUT2D eigenvalue weighted by atomic mass is 32.2. The van der Waals surface area contributed by atoms with Crippen molar-refractivity contribution in [3.63, 3.8) is 0 Å². The van der Waals surface area contributed by atoms with Crippen LogP contribution in [0.3, 0.4) is 0 Å². The first-order chi connectivity index (χ1) is 25.7. The van der Waals surface area contributed by atoms with E-state index in [0.29, 0.717) is 42.4 Å². The zero-order valence-corrected chi connectivity index (χ0v) is 33.9. The number of carbonyl (C=O) groups is 1. The molecule has 0 radical (unpaired) electrons. The third kappa shape index (κ3) is 10.3. The maximum atomic E-state index is 13.3. The van der Waals surface area contributed by atoms with Crippen LogP contribution >= 0.6 is 0 Å². The highest BCUT2D eigenvalue weighted by Gasteiger charge is 2.57. The molecular formula is C43H66F5NO4S. The molecule has 5 nitrogen and oxygen atoms in total. The zero-order valence-electron chi connectivity index (χ0n) is 33.1. The van der Waals surface area contributed by atoms with Crippen molar-refractivity contribution in [3.8, 4) is 5.75 Å². The normalized spacial score (nSPS) is 28.0. The Bertz CT molecular complexity index is 1410. The molecule has 1 saturated heterocycles. The predicted octanol–water partition coefficient (Wildman–Crippen LogP) is 10.5. The van der Waals surface area contributed by atoms with E-state index in [9.17, 15) is 36.1 Å². The number of nitrogens with zero attached hydrogens (tertiary/aromatic N) is 1. The summed E-state index contributed by atoms with van der Waals surface area (Å²) in [6, 6.07) is 2.23. The summed E-state index contributed by atoms with van der Waals surface area (Å²) in [6.07, 6.45) is 10.9. The van der Waals surface area contributed by atoms with Crippen molar-refractivity contribution in [1.82, 2.24) is 4.90 Å². The zero-order chi connectivity index (χ0) is 39.1. The standard InChI is InChI=1S/C43H66F5NO4S/c1-4-32-33(5-2)39-31(28-36(32)53-38(51)29-49-23-13-11-14-24-49)27-30(40-34(39)20-22-41(3)35(40)18-19-37(41)50)17-12-9-7-6-8-10-15-25-54(52)26-16-21-42(44,45)43(46,47)48/h28,30,34-35,37,40,50H,4-27,29H2,1-3H3/t30-,34-,35+,37+,40-,41+,54?/m1/s1. The van der Waals surface area contributed by atoms with Crippen molar-refractivity contribution in [2.45, 2.75) is 173 Å². The second-order valence-corrected chi connectivity index (χ2v) is 18.9. The summed E-state index contributed by atoms with van der Waals surface area (Å²) >= 11 is 0. The molecular weight excluding hydrogens is 722 g/mol. The lowest BCUT2D eigenvalue weighted by atomic mass is 9.51. The molecule has 5 rings (SSSR count). The molecule has 0 bridgehead atoms. The first-order valence-electron chi connectivity index (χ1n) is 21.3. The Morgan fingerprint density at radius 2 is 1.56 bits per heavy atom. The molecule has 308 valence electrons. The van der Waals surface area contributed by atoms with Crippen LogP contribution in [0.2, 0.25) is 0 Å². The molecule has 3 fully saturated rings. The molecule has 54 heavy (non-hydrogen) atoms. The van der Waals surface area contributed by atoms with Gasteiger partial charge in [0.1, 0.15) is 5.75 Å². The van der Waals surface area contributed by atoms with Crippen LogP contribution in [0.1, 0.15) is 158 Å². The molecule has 1 aromatic rings. The van der Waals surface area contributed by atoms with Gasteiger partial charge in [0.2, 0.25) is 0 Å². The largest absolute Gasteiger partial charge is 0.453 e. The van der Waals surface area contributed by atoms with Gasteiger partial charge in [0, 0.05) is 28.7 Å². The van der Waals surface area contributed by atoms with Gasteiger partial charge >= 0.3 is 18.1 Å². The molecule has 7 atom stereocenters. The van der Waals surface area contributed by atoms with Crippen molar-refractivity contribution in [3.05, 3.63) is 28.3 Å². The van der Waals surface area contributed by atoms with Crippen LogP contribution in [-0.2, 0) is 34.9 Å². The Hall–Kier alpha value is -1.59. The van der Waals surface area contributed by atoms with E-state index in [1.54, 1.807) is 0 Å². The number of aliphatic hydroxyl groups is 1. The number of fused-ring (bicyclic) bond motifs is 5. The summed E-state index contributed by atoms with van der Waals surface area (Å²) in [5.74, 6) is -1.88. The number of piperidine rings is 1. The Morgan fingerprint density at radius 3 is 2.22 bits per heavy atom. The van der Waals surface area contributed by atoms with Gasteiger partial charge in [-0.3, -0.25) is 13.9 Å². The maximum Gasteiger partial charge on any atom is 0.453 e. The van der Waals surface area contributed by atoms with Crippen LogP contribution < -0.4 is 4.74 Å². The van der Waals surface area contributed by atoms with Gasteiger partial charge in [-0.25, -0.2) is 0 Å². The molecule has 3 aliphatic carbocycles. The van der Waals surface area contributed by atoms with Gasteiger partial charge in [0.05, 0.1) is 12.6 Å². The molecule has 2 saturated carbocycles. The average Bonchev–Trinajstić information content (AvgIpc) is 3.43. The topological polar surface area (TPSA) is 66.8 Å². The van der Waals surface area contributed by atoms with Crippen LogP contribution in [0, 0.1) is 23.2 Å². The van der Waals surface area contributed by atoms with Gasteiger partial charge < -0.3 is 9.84 Å². The maximum absolute atomic E-state index is 13.3. The van der Waals surface area contributed by atoms with E-state index in [-0.39, 0.29) is 23.2 Å². The number of alkyl halides is 5.